The second-order valence-electron chi connectivity index (χ2n) is 4.77. The Kier molecular flexibility index (Phi) is 3.87. The summed E-state index contributed by atoms with van der Waals surface area (Å²) in [6.45, 7) is 0.918. The summed E-state index contributed by atoms with van der Waals surface area (Å²) in [5.74, 6) is 0. The van der Waals surface area contributed by atoms with E-state index in [1.165, 1.54) is 29.0 Å². The molecule has 3 rings (SSSR count). The molecule has 0 amide bonds. The smallest absolute Gasteiger partial charge is 0.108 e. The summed E-state index contributed by atoms with van der Waals surface area (Å²) in [6.07, 6.45) is 6.26. The van der Waals surface area contributed by atoms with Gasteiger partial charge in [0.15, 0.2) is 0 Å². The van der Waals surface area contributed by atoms with Crippen LogP contribution in [0.1, 0.15) is 24.3 Å². The average molecular weight is 278 g/mol. The molecule has 0 bridgehead atoms. The Morgan fingerprint density at radius 3 is 3.11 bits per heavy atom. The van der Waals surface area contributed by atoms with E-state index in [1.54, 1.807) is 0 Å². The summed E-state index contributed by atoms with van der Waals surface area (Å²) in [5, 5.41) is 5.69. The highest BCUT2D eigenvalue weighted by molar-refractivity contribution is 7.99. The first-order valence-corrected chi connectivity index (χ1v) is 8.58. The van der Waals surface area contributed by atoms with Gasteiger partial charge in [0.1, 0.15) is 5.01 Å². The molecule has 96 valence electrons. The number of fused-ring (bicyclic) bond motifs is 1. The Balaban J connectivity index is 1.66. The lowest BCUT2D eigenvalue weighted by atomic mass is 10.2. The van der Waals surface area contributed by atoms with Crippen LogP contribution < -0.4 is 5.32 Å². The van der Waals surface area contributed by atoms with Crippen molar-refractivity contribution in [2.75, 3.05) is 6.26 Å². The third-order valence-corrected chi connectivity index (χ3v) is 5.82. The van der Waals surface area contributed by atoms with Gasteiger partial charge >= 0.3 is 0 Å². The number of para-hydroxylation sites is 1. The van der Waals surface area contributed by atoms with Crippen molar-refractivity contribution in [2.24, 2.45) is 0 Å². The van der Waals surface area contributed by atoms with Gasteiger partial charge in [-0.05, 0) is 31.2 Å². The van der Waals surface area contributed by atoms with Gasteiger partial charge in [0.25, 0.3) is 0 Å². The Labute approximate surface area is 116 Å². The highest BCUT2D eigenvalue weighted by atomic mass is 32.2. The van der Waals surface area contributed by atoms with Crippen molar-refractivity contribution in [2.45, 2.75) is 37.1 Å². The fourth-order valence-electron chi connectivity index (χ4n) is 2.66. The minimum absolute atomic E-state index is 0.673. The van der Waals surface area contributed by atoms with Gasteiger partial charge < -0.3 is 5.32 Å². The number of nitrogens with one attached hydrogen (secondary N) is 1. The molecular formula is C14H18N2S2. The zero-order valence-electron chi connectivity index (χ0n) is 10.6. The molecule has 2 unspecified atom stereocenters. The van der Waals surface area contributed by atoms with Crippen molar-refractivity contribution in [1.29, 1.82) is 0 Å². The van der Waals surface area contributed by atoms with Crippen LogP contribution in [0.5, 0.6) is 0 Å². The van der Waals surface area contributed by atoms with Crippen molar-refractivity contribution in [1.82, 2.24) is 10.3 Å². The highest BCUT2D eigenvalue weighted by Gasteiger charge is 2.25. The number of benzene rings is 1. The SMILES string of the molecule is CSC1CCCC1NCc1nc2ccccc2s1. The normalized spacial score (nSPS) is 23.8. The summed E-state index contributed by atoms with van der Waals surface area (Å²) in [5.41, 5.74) is 1.13. The van der Waals surface area contributed by atoms with E-state index in [0.717, 1.165) is 17.3 Å². The molecule has 18 heavy (non-hydrogen) atoms. The first-order chi connectivity index (χ1) is 8.86. The minimum Gasteiger partial charge on any atom is -0.307 e. The Morgan fingerprint density at radius 1 is 1.39 bits per heavy atom. The molecule has 1 heterocycles. The summed E-state index contributed by atoms with van der Waals surface area (Å²) < 4.78 is 1.29. The van der Waals surface area contributed by atoms with E-state index >= 15 is 0 Å². The number of thiazole rings is 1. The standard InChI is InChI=1S/C14H18N2S2/c1-17-12-8-4-6-10(12)15-9-14-16-11-5-2-3-7-13(11)18-14/h2-3,5,7,10,12,15H,4,6,8-9H2,1H3. The molecule has 1 fully saturated rings. The molecule has 1 aliphatic carbocycles. The topological polar surface area (TPSA) is 24.9 Å². The molecule has 2 aromatic rings. The molecule has 1 N–H and O–H groups in total. The molecule has 0 saturated heterocycles. The minimum atomic E-state index is 0.673. The lowest BCUT2D eigenvalue weighted by Crippen LogP contribution is -2.33. The van der Waals surface area contributed by atoms with Gasteiger partial charge in [-0.3, -0.25) is 0 Å². The zero-order chi connectivity index (χ0) is 12.4. The van der Waals surface area contributed by atoms with Gasteiger partial charge in [0.2, 0.25) is 0 Å². The average Bonchev–Trinajstić information content (AvgIpc) is 3.01. The predicted octanol–water partition coefficient (Wildman–Crippen LogP) is 3.67. The summed E-state index contributed by atoms with van der Waals surface area (Å²) >= 11 is 3.81. The van der Waals surface area contributed by atoms with Crippen LogP contribution in [0.15, 0.2) is 24.3 Å². The molecule has 1 aliphatic rings. The Bertz CT molecular complexity index is 490. The van der Waals surface area contributed by atoms with Gasteiger partial charge in [-0.25, -0.2) is 4.98 Å². The fraction of sp³-hybridized carbons (Fsp3) is 0.500. The van der Waals surface area contributed by atoms with Crippen LogP contribution in [-0.4, -0.2) is 22.5 Å². The van der Waals surface area contributed by atoms with E-state index in [1.807, 2.05) is 23.1 Å². The van der Waals surface area contributed by atoms with Crippen LogP contribution in [0.2, 0.25) is 0 Å². The van der Waals surface area contributed by atoms with Crippen molar-refractivity contribution >= 4 is 33.3 Å². The highest BCUT2D eigenvalue weighted by Crippen LogP contribution is 2.29. The third kappa shape index (κ3) is 2.56. The van der Waals surface area contributed by atoms with E-state index in [9.17, 15) is 0 Å². The predicted molar refractivity (Wildman–Crippen MR) is 81.4 cm³/mol. The third-order valence-electron chi connectivity index (χ3n) is 3.61. The molecule has 2 nitrogen and oxygen atoms in total. The van der Waals surface area contributed by atoms with Gasteiger partial charge in [-0.15, -0.1) is 11.3 Å². The van der Waals surface area contributed by atoms with E-state index < -0.39 is 0 Å². The molecule has 0 radical (unpaired) electrons. The van der Waals surface area contributed by atoms with Crippen LogP contribution >= 0.6 is 23.1 Å². The van der Waals surface area contributed by atoms with Crippen molar-refractivity contribution < 1.29 is 0 Å². The van der Waals surface area contributed by atoms with Crippen LogP contribution in [0, 0.1) is 0 Å². The van der Waals surface area contributed by atoms with Crippen LogP contribution in [0.25, 0.3) is 10.2 Å². The molecule has 4 heteroatoms. The van der Waals surface area contributed by atoms with E-state index in [-0.39, 0.29) is 0 Å². The molecule has 2 atom stereocenters. The van der Waals surface area contributed by atoms with Gasteiger partial charge in [0.05, 0.1) is 10.2 Å². The maximum atomic E-state index is 4.67. The fourth-order valence-corrected chi connectivity index (χ4v) is 4.54. The number of hydrogen-bond acceptors (Lipinski definition) is 4. The van der Waals surface area contributed by atoms with E-state index in [2.05, 4.69) is 40.8 Å². The first-order valence-electron chi connectivity index (χ1n) is 6.47. The van der Waals surface area contributed by atoms with Gasteiger partial charge in [0, 0.05) is 17.8 Å². The lowest BCUT2D eigenvalue weighted by molar-refractivity contribution is 0.532. The van der Waals surface area contributed by atoms with Crippen LogP contribution in [0.3, 0.4) is 0 Å². The molecular weight excluding hydrogens is 260 g/mol. The second kappa shape index (κ2) is 5.59. The quantitative estimate of drug-likeness (QED) is 0.923. The number of hydrogen-bond donors (Lipinski definition) is 1. The molecule has 1 aromatic heterocycles. The largest absolute Gasteiger partial charge is 0.307 e. The number of thioether (sulfide) groups is 1. The number of nitrogens with zero attached hydrogens (tertiary/aromatic N) is 1. The van der Waals surface area contributed by atoms with Crippen molar-refractivity contribution in [3.8, 4) is 0 Å². The maximum absolute atomic E-state index is 4.67. The summed E-state index contributed by atoms with van der Waals surface area (Å²) in [4.78, 5) is 4.67. The molecule has 0 aliphatic heterocycles. The molecule has 0 spiro atoms. The lowest BCUT2D eigenvalue weighted by Gasteiger charge is -2.18. The second-order valence-corrected chi connectivity index (χ2v) is 6.96. The molecule has 1 aromatic carbocycles. The first kappa shape index (κ1) is 12.5. The van der Waals surface area contributed by atoms with Crippen molar-refractivity contribution in [3.05, 3.63) is 29.3 Å². The van der Waals surface area contributed by atoms with Gasteiger partial charge in [-0.1, -0.05) is 18.6 Å². The Hall–Kier alpha value is -0.580. The van der Waals surface area contributed by atoms with Crippen molar-refractivity contribution in [3.63, 3.8) is 0 Å². The van der Waals surface area contributed by atoms with Crippen LogP contribution in [0.4, 0.5) is 0 Å². The zero-order valence-corrected chi connectivity index (χ0v) is 12.2. The summed E-state index contributed by atoms with van der Waals surface area (Å²) in [6, 6.07) is 9.05. The maximum Gasteiger partial charge on any atom is 0.108 e. The Morgan fingerprint density at radius 2 is 2.28 bits per heavy atom. The number of rotatable bonds is 4. The van der Waals surface area contributed by atoms with E-state index in [4.69, 9.17) is 0 Å². The molecule has 1 saturated carbocycles. The van der Waals surface area contributed by atoms with Gasteiger partial charge in [-0.2, -0.15) is 11.8 Å². The number of aromatic nitrogens is 1. The van der Waals surface area contributed by atoms with E-state index in [0.29, 0.717) is 6.04 Å². The van der Waals surface area contributed by atoms with Crippen LogP contribution in [-0.2, 0) is 6.54 Å². The monoisotopic (exact) mass is 278 g/mol. The summed E-state index contributed by atoms with van der Waals surface area (Å²) in [7, 11) is 0.